The number of hydrogen-bond donors (Lipinski definition) is 0. The fourth-order valence-corrected chi connectivity index (χ4v) is 2.31. The lowest BCUT2D eigenvalue weighted by Crippen LogP contribution is -2.04. The van der Waals surface area contributed by atoms with E-state index in [1.54, 1.807) is 36.4 Å². The van der Waals surface area contributed by atoms with Crippen LogP contribution in [0, 0.1) is 0 Å². The van der Waals surface area contributed by atoms with Gasteiger partial charge in [0.05, 0.1) is 20.1 Å². The lowest BCUT2D eigenvalue weighted by Gasteiger charge is -2.06. The molecule has 5 heteroatoms. The quantitative estimate of drug-likeness (QED) is 0.656. The molecule has 0 fully saturated rings. The maximum absolute atomic E-state index is 12.1. The second-order valence-corrected chi connectivity index (χ2v) is 5.54. The highest BCUT2D eigenvalue weighted by Crippen LogP contribution is 2.27. The minimum absolute atomic E-state index is 0.0947. The van der Waals surface area contributed by atoms with E-state index in [2.05, 4.69) is 0 Å². The van der Waals surface area contributed by atoms with Crippen LogP contribution in [0.2, 0.25) is 20.1 Å². The van der Waals surface area contributed by atoms with Crippen molar-refractivity contribution in [1.29, 1.82) is 0 Å². The van der Waals surface area contributed by atoms with E-state index in [1.165, 1.54) is 0 Å². The maximum atomic E-state index is 12.1. The third-order valence-electron chi connectivity index (χ3n) is 2.62. The Kier molecular flexibility index (Phi) is 4.75. The van der Waals surface area contributed by atoms with Gasteiger partial charge in [0.25, 0.3) is 0 Å². The molecule has 19 heavy (non-hydrogen) atoms. The Hall–Kier alpha value is -0.730. The van der Waals surface area contributed by atoms with Gasteiger partial charge in [0, 0.05) is 12.0 Å². The summed E-state index contributed by atoms with van der Waals surface area (Å²) in [6.07, 6.45) is 0.164. The lowest BCUT2D eigenvalue weighted by molar-refractivity contribution is 0.0993. The lowest BCUT2D eigenvalue weighted by atomic mass is 10.0. The minimum atomic E-state index is -0.0947. The van der Waals surface area contributed by atoms with Crippen LogP contribution in [0.1, 0.15) is 15.9 Å². The van der Waals surface area contributed by atoms with Crippen LogP contribution in [0.3, 0.4) is 0 Å². The van der Waals surface area contributed by atoms with E-state index in [9.17, 15) is 4.79 Å². The van der Waals surface area contributed by atoms with Gasteiger partial charge < -0.3 is 0 Å². The van der Waals surface area contributed by atoms with E-state index < -0.39 is 0 Å². The average Bonchev–Trinajstić information content (AvgIpc) is 2.38. The molecule has 0 saturated carbocycles. The van der Waals surface area contributed by atoms with Gasteiger partial charge >= 0.3 is 0 Å². The second-order valence-electron chi connectivity index (χ2n) is 3.94. The van der Waals surface area contributed by atoms with Gasteiger partial charge in [0.2, 0.25) is 0 Å². The van der Waals surface area contributed by atoms with Crippen LogP contribution >= 0.6 is 46.4 Å². The Balaban J connectivity index is 2.26. The van der Waals surface area contributed by atoms with E-state index in [0.717, 1.165) is 0 Å². The Bertz CT molecular complexity index is 637. The van der Waals surface area contributed by atoms with Crippen molar-refractivity contribution in [1.82, 2.24) is 0 Å². The molecule has 0 N–H and O–H groups in total. The zero-order valence-electron chi connectivity index (χ0n) is 9.59. The number of halogens is 4. The van der Waals surface area contributed by atoms with E-state index >= 15 is 0 Å². The van der Waals surface area contributed by atoms with Crippen LogP contribution in [0.25, 0.3) is 0 Å². The standard InChI is InChI=1S/C14H8Cl4O/c15-10-5-4-8(6-12(10)17)13(19)7-9-2-1-3-11(16)14(9)18/h1-6H,7H2. The molecule has 0 aliphatic rings. The van der Waals surface area contributed by atoms with Crippen molar-refractivity contribution < 1.29 is 4.79 Å². The first-order valence-corrected chi connectivity index (χ1v) is 6.91. The van der Waals surface area contributed by atoms with Gasteiger partial charge in [-0.25, -0.2) is 0 Å². The number of benzene rings is 2. The van der Waals surface area contributed by atoms with Gasteiger partial charge in [0.1, 0.15) is 0 Å². The first-order chi connectivity index (χ1) is 8.99. The second kappa shape index (κ2) is 6.15. The topological polar surface area (TPSA) is 17.1 Å². The van der Waals surface area contributed by atoms with Crippen LogP contribution in [-0.2, 0) is 6.42 Å². The summed E-state index contributed by atoms with van der Waals surface area (Å²) in [4.78, 5) is 12.1. The van der Waals surface area contributed by atoms with Crippen molar-refractivity contribution in [3.05, 3.63) is 67.6 Å². The van der Waals surface area contributed by atoms with Gasteiger partial charge in [-0.3, -0.25) is 4.79 Å². The summed E-state index contributed by atoms with van der Waals surface area (Å²) in [6.45, 7) is 0. The molecule has 0 spiro atoms. The van der Waals surface area contributed by atoms with Crippen molar-refractivity contribution in [3.8, 4) is 0 Å². The number of carbonyl (C=O) groups is 1. The predicted molar refractivity (Wildman–Crippen MR) is 81.0 cm³/mol. The van der Waals surface area contributed by atoms with Crippen molar-refractivity contribution in [2.75, 3.05) is 0 Å². The molecule has 0 aliphatic carbocycles. The third-order valence-corrected chi connectivity index (χ3v) is 4.22. The molecule has 0 aliphatic heterocycles. The number of hydrogen-bond acceptors (Lipinski definition) is 1. The molecule has 98 valence electrons. The highest BCUT2D eigenvalue weighted by atomic mass is 35.5. The maximum Gasteiger partial charge on any atom is 0.167 e. The van der Waals surface area contributed by atoms with E-state index in [1.807, 2.05) is 0 Å². The third kappa shape index (κ3) is 3.43. The van der Waals surface area contributed by atoms with Crippen LogP contribution in [0.4, 0.5) is 0 Å². The number of ketones is 1. The van der Waals surface area contributed by atoms with E-state index in [4.69, 9.17) is 46.4 Å². The van der Waals surface area contributed by atoms with Crippen LogP contribution in [-0.4, -0.2) is 5.78 Å². The van der Waals surface area contributed by atoms with Crippen LogP contribution < -0.4 is 0 Å². The minimum Gasteiger partial charge on any atom is -0.294 e. The largest absolute Gasteiger partial charge is 0.294 e. The molecule has 0 unspecified atom stereocenters. The molecule has 0 atom stereocenters. The summed E-state index contributed by atoms with van der Waals surface area (Å²) in [6, 6.07) is 9.97. The normalized spacial score (nSPS) is 10.5. The van der Waals surface area contributed by atoms with Gasteiger partial charge in [-0.05, 0) is 29.8 Å². The first-order valence-electron chi connectivity index (χ1n) is 5.40. The monoisotopic (exact) mass is 332 g/mol. The summed E-state index contributed by atoms with van der Waals surface area (Å²) < 4.78 is 0. The molecule has 2 rings (SSSR count). The zero-order chi connectivity index (χ0) is 14.0. The summed E-state index contributed by atoms with van der Waals surface area (Å²) in [5, 5.41) is 1.60. The number of Topliss-reactive ketones (excluding diaryl/α,β-unsaturated/α-hetero) is 1. The average molecular weight is 334 g/mol. The first kappa shape index (κ1) is 14.7. The van der Waals surface area contributed by atoms with Gasteiger partial charge in [-0.1, -0.05) is 58.5 Å². The van der Waals surface area contributed by atoms with E-state index in [0.29, 0.717) is 31.2 Å². The predicted octanol–water partition coefficient (Wildman–Crippen LogP) is 5.73. The van der Waals surface area contributed by atoms with Gasteiger partial charge in [-0.15, -0.1) is 0 Å². The molecule has 0 saturated heterocycles. The molecule has 0 heterocycles. The van der Waals surface area contributed by atoms with Gasteiger partial charge in [-0.2, -0.15) is 0 Å². The molecular weight excluding hydrogens is 326 g/mol. The van der Waals surface area contributed by atoms with Gasteiger partial charge in [0.15, 0.2) is 5.78 Å². The Morgan fingerprint density at radius 3 is 2.32 bits per heavy atom. The molecule has 0 aromatic heterocycles. The summed E-state index contributed by atoms with van der Waals surface area (Å²) in [5.41, 5.74) is 1.18. The van der Waals surface area contributed by atoms with Crippen molar-refractivity contribution in [2.24, 2.45) is 0 Å². The SMILES string of the molecule is O=C(Cc1cccc(Cl)c1Cl)c1ccc(Cl)c(Cl)c1. The number of rotatable bonds is 3. The molecule has 2 aromatic rings. The summed E-state index contributed by atoms with van der Waals surface area (Å²) >= 11 is 23.7. The van der Waals surface area contributed by atoms with Crippen LogP contribution in [0.5, 0.6) is 0 Å². The highest BCUT2D eigenvalue weighted by molar-refractivity contribution is 6.43. The zero-order valence-corrected chi connectivity index (χ0v) is 12.6. The smallest absolute Gasteiger partial charge is 0.167 e. The molecule has 0 bridgehead atoms. The van der Waals surface area contributed by atoms with Crippen molar-refractivity contribution >= 4 is 52.2 Å². The fraction of sp³-hybridized carbons (Fsp3) is 0.0714. The summed E-state index contributed by atoms with van der Waals surface area (Å²) in [5.74, 6) is -0.0947. The molecule has 1 nitrogen and oxygen atoms in total. The van der Waals surface area contributed by atoms with Crippen LogP contribution in [0.15, 0.2) is 36.4 Å². The van der Waals surface area contributed by atoms with Crippen molar-refractivity contribution in [3.63, 3.8) is 0 Å². The molecular formula is C14H8Cl4O. The fourth-order valence-electron chi connectivity index (χ4n) is 1.63. The van der Waals surface area contributed by atoms with E-state index in [-0.39, 0.29) is 12.2 Å². The Labute approximate surface area is 131 Å². The Morgan fingerprint density at radius 1 is 0.895 bits per heavy atom. The highest BCUT2D eigenvalue weighted by Gasteiger charge is 2.12. The molecule has 0 amide bonds. The molecule has 2 aromatic carbocycles. The number of carbonyl (C=O) groups excluding carboxylic acids is 1. The van der Waals surface area contributed by atoms with Crippen molar-refractivity contribution in [2.45, 2.75) is 6.42 Å². The molecule has 0 radical (unpaired) electrons. The Morgan fingerprint density at radius 2 is 1.63 bits per heavy atom. The summed E-state index contributed by atoms with van der Waals surface area (Å²) in [7, 11) is 0.